The largest absolute Gasteiger partial charge is 0.496 e. The van der Waals surface area contributed by atoms with Crippen molar-refractivity contribution in [2.45, 2.75) is 84.2 Å². The molecule has 2 aliphatic heterocycles. The van der Waals surface area contributed by atoms with E-state index in [0.717, 1.165) is 31.4 Å². The normalized spacial score (nSPS) is 21.8. The van der Waals surface area contributed by atoms with E-state index in [9.17, 15) is 4.79 Å². The molecule has 0 aromatic carbocycles. The SMILES string of the molecule is CC(C)(C)OC(=O)N(c1cncc(B2OC(C)(C)C(C)(C)O2)c1)C1CCNCC1. The zero-order chi connectivity index (χ0) is 21.4. The molecule has 2 fully saturated rings. The van der Waals surface area contributed by atoms with Crippen LogP contribution in [0.5, 0.6) is 0 Å². The molecule has 1 amide bonds. The Morgan fingerprint density at radius 1 is 1.17 bits per heavy atom. The predicted molar refractivity (Wildman–Crippen MR) is 115 cm³/mol. The molecule has 0 atom stereocenters. The summed E-state index contributed by atoms with van der Waals surface area (Å²) < 4.78 is 18.0. The molecule has 1 N–H and O–H groups in total. The summed E-state index contributed by atoms with van der Waals surface area (Å²) in [4.78, 5) is 19.2. The van der Waals surface area contributed by atoms with Gasteiger partial charge in [0.15, 0.2) is 0 Å². The Bertz CT molecular complexity index is 726. The van der Waals surface area contributed by atoms with Crippen molar-refractivity contribution in [2.75, 3.05) is 18.0 Å². The van der Waals surface area contributed by atoms with Gasteiger partial charge in [-0.15, -0.1) is 0 Å². The third kappa shape index (κ3) is 4.93. The minimum atomic E-state index is -0.570. The van der Waals surface area contributed by atoms with E-state index in [1.807, 2.05) is 54.5 Å². The van der Waals surface area contributed by atoms with E-state index in [2.05, 4.69) is 10.3 Å². The number of amides is 1. The first-order chi connectivity index (χ1) is 13.4. The van der Waals surface area contributed by atoms with Crippen molar-refractivity contribution >= 4 is 24.4 Å². The van der Waals surface area contributed by atoms with E-state index in [1.165, 1.54) is 0 Å². The molecular weight excluding hydrogens is 369 g/mol. The number of hydrogen-bond donors (Lipinski definition) is 1. The number of anilines is 1. The number of aromatic nitrogens is 1. The van der Waals surface area contributed by atoms with Crippen LogP contribution in [0.3, 0.4) is 0 Å². The van der Waals surface area contributed by atoms with Gasteiger partial charge in [0, 0.05) is 17.7 Å². The monoisotopic (exact) mass is 403 g/mol. The Labute approximate surface area is 174 Å². The van der Waals surface area contributed by atoms with Crippen molar-refractivity contribution < 1.29 is 18.8 Å². The van der Waals surface area contributed by atoms with Gasteiger partial charge in [0.2, 0.25) is 0 Å². The third-order valence-electron chi connectivity index (χ3n) is 5.81. The van der Waals surface area contributed by atoms with Gasteiger partial charge < -0.3 is 19.4 Å². The first-order valence-electron chi connectivity index (χ1n) is 10.4. The van der Waals surface area contributed by atoms with Crippen LogP contribution in [0.2, 0.25) is 0 Å². The maximum absolute atomic E-state index is 13.1. The first kappa shape index (κ1) is 22.1. The van der Waals surface area contributed by atoms with E-state index < -0.39 is 23.9 Å². The number of nitrogens with one attached hydrogen (secondary N) is 1. The number of piperidine rings is 1. The van der Waals surface area contributed by atoms with Crippen molar-refractivity contribution in [3.8, 4) is 0 Å². The zero-order valence-corrected chi connectivity index (χ0v) is 18.7. The number of rotatable bonds is 3. The summed E-state index contributed by atoms with van der Waals surface area (Å²) in [7, 11) is -0.527. The quantitative estimate of drug-likeness (QED) is 0.783. The molecule has 1 aromatic heterocycles. The Morgan fingerprint density at radius 3 is 2.31 bits per heavy atom. The smallest absolute Gasteiger partial charge is 0.443 e. The summed E-state index contributed by atoms with van der Waals surface area (Å²) in [5, 5.41) is 3.35. The van der Waals surface area contributed by atoms with Crippen LogP contribution in [0.4, 0.5) is 10.5 Å². The highest BCUT2D eigenvalue weighted by molar-refractivity contribution is 6.62. The predicted octanol–water partition coefficient (Wildman–Crippen LogP) is 2.87. The third-order valence-corrected chi connectivity index (χ3v) is 5.81. The highest BCUT2D eigenvalue weighted by Gasteiger charge is 2.52. The van der Waals surface area contributed by atoms with Crippen LogP contribution in [-0.2, 0) is 14.0 Å². The minimum Gasteiger partial charge on any atom is -0.443 e. The average Bonchev–Trinajstić information content (AvgIpc) is 2.82. The number of nitrogens with zero attached hydrogens (tertiary/aromatic N) is 2. The van der Waals surface area contributed by atoms with Crippen LogP contribution >= 0.6 is 0 Å². The summed E-state index contributed by atoms with van der Waals surface area (Å²) in [5.74, 6) is 0. The van der Waals surface area contributed by atoms with E-state index in [0.29, 0.717) is 5.69 Å². The molecule has 3 rings (SSSR count). The Balaban J connectivity index is 1.90. The molecule has 2 saturated heterocycles. The van der Waals surface area contributed by atoms with Crippen molar-refractivity contribution in [3.63, 3.8) is 0 Å². The molecular formula is C21H34BN3O4. The van der Waals surface area contributed by atoms with Gasteiger partial charge in [-0.25, -0.2) is 4.79 Å². The maximum atomic E-state index is 13.1. The van der Waals surface area contributed by atoms with Crippen LogP contribution in [0.15, 0.2) is 18.5 Å². The van der Waals surface area contributed by atoms with Crippen LogP contribution in [0.25, 0.3) is 0 Å². The summed E-state index contributed by atoms with van der Waals surface area (Å²) in [6.45, 7) is 15.5. The topological polar surface area (TPSA) is 72.9 Å². The molecule has 0 aliphatic carbocycles. The Kier molecular flexibility index (Phi) is 6.00. The van der Waals surface area contributed by atoms with E-state index >= 15 is 0 Å². The summed E-state index contributed by atoms with van der Waals surface area (Å²) in [6.07, 6.45) is 4.82. The lowest BCUT2D eigenvalue weighted by molar-refractivity contribution is 0.00578. The fourth-order valence-electron chi connectivity index (χ4n) is 3.53. The lowest BCUT2D eigenvalue weighted by Crippen LogP contribution is -2.48. The van der Waals surface area contributed by atoms with Crippen LogP contribution in [0, 0.1) is 0 Å². The molecule has 7 nitrogen and oxygen atoms in total. The Morgan fingerprint density at radius 2 is 1.76 bits per heavy atom. The highest BCUT2D eigenvalue weighted by atomic mass is 16.7. The van der Waals surface area contributed by atoms with E-state index in [4.69, 9.17) is 14.0 Å². The van der Waals surface area contributed by atoms with Gasteiger partial charge in [0.05, 0.1) is 23.1 Å². The zero-order valence-electron chi connectivity index (χ0n) is 18.7. The van der Waals surface area contributed by atoms with Crippen molar-refractivity contribution in [2.24, 2.45) is 0 Å². The van der Waals surface area contributed by atoms with E-state index in [-0.39, 0.29) is 12.1 Å². The minimum absolute atomic E-state index is 0.0569. The van der Waals surface area contributed by atoms with Gasteiger partial charge >= 0.3 is 13.2 Å². The van der Waals surface area contributed by atoms with Gasteiger partial charge in [-0.05, 0) is 80.5 Å². The molecule has 0 unspecified atom stereocenters. The summed E-state index contributed by atoms with van der Waals surface area (Å²) in [5.41, 5.74) is 0.0575. The molecule has 160 valence electrons. The second-order valence-corrected chi connectivity index (χ2v) is 9.90. The number of carbonyl (C=O) groups excluding carboxylic acids is 1. The second kappa shape index (κ2) is 7.89. The number of carbonyl (C=O) groups is 1. The van der Waals surface area contributed by atoms with Crippen LogP contribution < -0.4 is 15.7 Å². The molecule has 2 aliphatic rings. The highest BCUT2D eigenvalue weighted by Crippen LogP contribution is 2.36. The molecule has 0 saturated carbocycles. The van der Waals surface area contributed by atoms with Crippen LogP contribution in [-0.4, -0.2) is 54.1 Å². The average molecular weight is 403 g/mol. The van der Waals surface area contributed by atoms with Crippen LogP contribution in [0.1, 0.15) is 61.3 Å². The number of pyridine rings is 1. The first-order valence-corrected chi connectivity index (χ1v) is 10.4. The molecule has 8 heteroatoms. The van der Waals surface area contributed by atoms with Gasteiger partial charge in [-0.3, -0.25) is 9.88 Å². The van der Waals surface area contributed by atoms with Gasteiger partial charge in [0.25, 0.3) is 0 Å². The molecule has 0 spiro atoms. The van der Waals surface area contributed by atoms with Crippen molar-refractivity contribution in [3.05, 3.63) is 18.5 Å². The number of ether oxygens (including phenoxy) is 1. The summed E-state index contributed by atoms with van der Waals surface area (Å²) >= 11 is 0. The molecule has 0 radical (unpaired) electrons. The van der Waals surface area contributed by atoms with Crippen molar-refractivity contribution in [1.82, 2.24) is 10.3 Å². The van der Waals surface area contributed by atoms with Gasteiger partial charge in [-0.1, -0.05) is 0 Å². The second-order valence-electron chi connectivity index (χ2n) is 9.90. The summed E-state index contributed by atoms with van der Waals surface area (Å²) in [6, 6.07) is 1.99. The lowest BCUT2D eigenvalue weighted by atomic mass is 9.80. The maximum Gasteiger partial charge on any atom is 0.496 e. The molecule has 1 aromatic rings. The standard InChI is InChI=1S/C21H34BN3O4/c1-19(2,3)27-18(26)25(16-8-10-23-11-9-16)17-12-15(13-24-14-17)22-28-20(4,5)21(6,7)29-22/h12-14,16,23H,8-11H2,1-7H3. The van der Waals surface area contributed by atoms with E-state index in [1.54, 1.807) is 17.3 Å². The molecule has 29 heavy (non-hydrogen) atoms. The van der Waals surface area contributed by atoms with Crippen molar-refractivity contribution in [1.29, 1.82) is 0 Å². The lowest BCUT2D eigenvalue weighted by Gasteiger charge is -2.35. The fraction of sp³-hybridized carbons (Fsp3) is 0.714. The fourth-order valence-corrected chi connectivity index (χ4v) is 3.53. The Hall–Kier alpha value is -1.64. The molecule has 0 bridgehead atoms. The number of hydrogen-bond acceptors (Lipinski definition) is 6. The van der Waals surface area contributed by atoms with Gasteiger partial charge in [0.1, 0.15) is 5.60 Å². The van der Waals surface area contributed by atoms with Gasteiger partial charge in [-0.2, -0.15) is 0 Å². The molecule has 3 heterocycles.